The number of rotatable bonds is 32. The predicted octanol–water partition coefficient (Wildman–Crippen LogP) is 14.0. The van der Waals surface area contributed by atoms with E-state index in [1.54, 1.807) is 60.7 Å². The number of phenolic OH excluding ortho intramolecular Hbond substituents is 1. The van der Waals surface area contributed by atoms with Crippen LogP contribution in [-0.4, -0.2) is 68.8 Å². The summed E-state index contributed by atoms with van der Waals surface area (Å²) in [6, 6.07) is 23.0. The molecule has 2 N–H and O–H groups in total. The van der Waals surface area contributed by atoms with Gasteiger partial charge in [0.05, 0.1) is 4.90 Å². The standard InChI is InChI=1S/2C26H38O5S.Ca/c2*1-2-3-4-5-6-7-8-9-10-11-12-14-17-22-20-24(27)26(32(28,29)30)25(21-22)31-23-18-15-13-16-19-23;/h2*13,15-16,18-21,27H,2-12,14,17H2,1H3,(H,28,29,30);/q;;+2/p-2. The van der Waals surface area contributed by atoms with Crippen molar-refractivity contribution in [1.82, 2.24) is 0 Å². The number of aryl methyl sites for hydroxylation is 2. The molecule has 356 valence electrons. The van der Waals surface area contributed by atoms with E-state index in [1.807, 2.05) is 6.07 Å². The van der Waals surface area contributed by atoms with Crippen molar-refractivity contribution < 1.29 is 45.6 Å². The van der Waals surface area contributed by atoms with Crippen molar-refractivity contribution in [2.45, 2.75) is 191 Å². The Labute approximate surface area is 421 Å². The van der Waals surface area contributed by atoms with Crippen molar-refractivity contribution in [3.8, 4) is 34.5 Å². The summed E-state index contributed by atoms with van der Waals surface area (Å²) in [6.45, 7) is 4.48. The van der Waals surface area contributed by atoms with Gasteiger partial charge in [-0.15, -0.1) is 0 Å². The maximum atomic E-state index is 12.4. The van der Waals surface area contributed by atoms with E-state index in [1.165, 1.54) is 140 Å². The summed E-state index contributed by atoms with van der Waals surface area (Å²) in [5.74, 6) is -0.740. The van der Waals surface area contributed by atoms with E-state index in [2.05, 4.69) is 13.8 Å². The molecule has 0 bridgehead atoms. The average Bonchev–Trinajstić information content (AvgIpc) is 3.24. The van der Waals surface area contributed by atoms with Crippen molar-refractivity contribution in [2.75, 3.05) is 0 Å². The molecule has 13 heteroatoms. The number of para-hydroxylation sites is 2. The molecule has 0 spiro atoms. The molecule has 0 amide bonds. The maximum absolute atomic E-state index is 12.4. The minimum atomic E-state index is -4.94. The Kier molecular flexibility index (Phi) is 30.1. The van der Waals surface area contributed by atoms with Crippen LogP contribution in [0.4, 0.5) is 0 Å². The molecule has 0 unspecified atom stereocenters. The Bertz CT molecular complexity index is 1950. The first-order valence-electron chi connectivity index (χ1n) is 23.9. The van der Waals surface area contributed by atoms with Crippen LogP contribution >= 0.6 is 0 Å². The van der Waals surface area contributed by atoms with Crippen LogP contribution in [0.3, 0.4) is 0 Å². The van der Waals surface area contributed by atoms with Gasteiger partial charge >= 0.3 is 47.9 Å². The number of unbranched alkanes of at least 4 members (excludes halogenated alkanes) is 22. The molecule has 0 aliphatic heterocycles. The summed E-state index contributed by atoms with van der Waals surface area (Å²) >= 11 is 0. The molecule has 0 saturated heterocycles. The first kappa shape index (κ1) is 58.3. The predicted molar refractivity (Wildman–Crippen MR) is 260 cm³/mol. The fraction of sp³-hybridized carbons (Fsp3) is 0.538. The first-order chi connectivity index (χ1) is 30.8. The maximum Gasteiger partial charge on any atom is 2.00 e. The Hall–Kier alpha value is -2.84. The third-order valence-corrected chi connectivity index (χ3v) is 13.1. The van der Waals surface area contributed by atoms with Crippen LogP contribution in [0.1, 0.15) is 179 Å². The Morgan fingerprint density at radius 3 is 1.14 bits per heavy atom. The summed E-state index contributed by atoms with van der Waals surface area (Å²) in [5, 5.41) is 22.6. The monoisotopic (exact) mass is 962 g/mol. The zero-order chi connectivity index (χ0) is 46.5. The van der Waals surface area contributed by atoms with E-state index >= 15 is 0 Å². The Morgan fingerprint density at radius 1 is 0.477 bits per heavy atom. The number of hydrogen-bond donors (Lipinski definition) is 2. The normalized spacial score (nSPS) is 11.4. The second kappa shape index (κ2) is 33.6. The summed E-state index contributed by atoms with van der Waals surface area (Å²) in [7, 11) is -9.56. The molecule has 0 saturated carbocycles. The van der Waals surface area contributed by atoms with Gasteiger partial charge in [0.2, 0.25) is 0 Å². The van der Waals surface area contributed by atoms with Gasteiger partial charge in [0.15, 0.2) is 10.6 Å². The van der Waals surface area contributed by atoms with Crippen LogP contribution in [-0.2, 0) is 33.1 Å². The SMILES string of the molecule is CCCCCCCCCCCCCCc1cc(O)c(S(=O)(=O)O)c(Oc2ccccc2)c1.CCCCCCCCCCCCCCc1cc([O-])c(S(=O)(=O)[O-])c(Oc2ccccc2)c1.[Ca+2]. The van der Waals surface area contributed by atoms with Gasteiger partial charge < -0.3 is 24.2 Å². The van der Waals surface area contributed by atoms with Gasteiger partial charge in [0.1, 0.15) is 33.1 Å². The fourth-order valence-corrected chi connectivity index (χ4v) is 9.12. The minimum Gasteiger partial charge on any atom is -0.872 e. The molecule has 0 aromatic heterocycles. The number of aromatic hydroxyl groups is 1. The Morgan fingerprint density at radius 2 is 0.800 bits per heavy atom. The average molecular weight is 963 g/mol. The van der Waals surface area contributed by atoms with Gasteiger partial charge in [-0.2, -0.15) is 8.42 Å². The molecule has 65 heavy (non-hydrogen) atoms. The molecule has 0 aliphatic carbocycles. The number of phenols is 1. The topological polar surface area (TPSA) is 173 Å². The largest absolute Gasteiger partial charge is 2.00 e. The van der Waals surface area contributed by atoms with Crippen LogP contribution in [0.15, 0.2) is 94.7 Å². The fourth-order valence-electron chi connectivity index (χ4n) is 7.79. The van der Waals surface area contributed by atoms with E-state index in [9.17, 15) is 36.2 Å². The van der Waals surface area contributed by atoms with Gasteiger partial charge in [-0.05, 0) is 79.3 Å². The summed E-state index contributed by atoms with van der Waals surface area (Å²) in [4.78, 5) is -1.42. The van der Waals surface area contributed by atoms with Crippen LogP contribution in [0.25, 0.3) is 0 Å². The van der Waals surface area contributed by atoms with E-state index in [0.29, 0.717) is 29.9 Å². The van der Waals surface area contributed by atoms with E-state index in [0.717, 1.165) is 37.7 Å². The molecule has 10 nitrogen and oxygen atoms in total. The number of ether oxygens (including phenoxy) is 2. The van der Waals surface area contributed by atoms with Gasteiger partial charge in [-0.25, -0.2) is 8.42 Å². The smallest absolute Gasteiger partial charge is 0.872 e. The summed E-state index contributed by atoms with van der Waals surface area (Å²) in [5.41, 5.74) is 1.48. The molecule has 0 aliphatic rings. The van der Waals surface area contributed by atoms with E-state index < -0.39 is 41.5 Å². The van der Waals surface area contributed by atoms with E-state index in [4.69, 9.17) is 9.47 Å². The Balaban J connectivity index is 0.000000440. The molecule has 4 rings (SSSR count). The van der Waals surface area contributed by atoms with Gasteiger partial charge in [-0.1, -0.05) is 203 Å². The third kappa shape index (κ3) is 24.7. The van der Waals surface area contributed by atoms with Crippen LogP contribution in [0.5, 0.6) is 34.5 Å². The zero-order valence-corrected chi connectivity index (χ0v) is 43.0. The first-order valence-corrected chi connectivity index (χ1v) is 26.8. The third-order valence-electron chi connectivity index (χ3n) is 11.3. The number of hydrogen-bond acceptors (Lipinski definition) is 9. The second-order valence-electron chi connectivity index (χ2n) is 16.9. The second-order valence-corrected chi connectivity index (χ2v) is 19.6. The molecule has 0 fully saturated rings. The van der Waals surface area contributed by atoms with Crippen LogP contribution in [0.2, 0.25) is 0 Å². The van der Waals surface area contributed by atoms with Crippen molar-refractivity contribution in [3.63, 3.8) is 0 Å². The summed E-state index contributed by atoms with van der Waals surface area (Å²) < 4.78 is 79.2. The van der Waals surface area contributed by atoms with Crippen molar-refractivity contribution in [2.24, 2.45) is 0 Å². The molecular weight excluding hydrogens is 889 g/mol. The van der Waals surface area contributed by atoms with Gasteiger partial charge in [-0.3, -0.25) is 4.55 Å². The molecule has 4 aromatic carbocycles. The van der Waals surface area contributed by atoms with Gasteiger partial charge in [0, 0.05) is 0 Å². The van der Waals surface area contributed by atoms with Crippen molar-refractivity contribution in [3.05, 3.63) is 96.1 Å². The minimum absolute atomic E-state index is 0. The summed E-state index contributed by atoms with van der Waals surface area (Å²) in [6.07, 6.45) is 31.5. The van der Waals surface area contributed by atoms with E-state index in [-0.39, 0.29) is 49.2 Å². The van der Waals surface area contributed by atoms with Crippen molar-refractivity contribution in [1.29, 1.82) is 0 Å². The molecular formula is C52H74CaO10S2. The molecule has 0 heterocycles. The zero-order valence-electron chi connectivity index (χ0n) is 39.2. The van der Waals surface area contributed by atoms with Crippen molar-refractivity contribution >= 4 is 58.0 Å². The van der Waals surface area contributed by atoms with Crippen LogP contribution < -0.4 is 14.6 Å². The molecule has 0 radical (unpaired) electrons. The van der Waals surface area contributed by atoms with Crippen LogP contribution in [0, 0.1) is 0 Å². The van der Waals surface area contributed by atoms with Gasteiger partial charge in [0.25, 0.3) is 0 Å². The number of benzene rings is 4. The molecule has 4 aromatic rings. The molecule has 0 atom stereocenters. The quantitative estimate of drug-likeness (QED) is 0.0272.